The number of nitrogens with zero attached hydrogens (tertiary/aromatic N) is 1. The van der Waals surface area contributed by atoms with Gasteiger partial charge < -0.3 is 19.2 Å². The zero-order valence-electron chi connectivity index (χ0n) is 14.2. The van der Waals surface area contributed by atoms with Gasteiger partial charge in [0, 0.05) is 23.9 Å². The molecule has 126 valence electrons. The van der Waals surface area contributed by atoms with E-state index in [0.717, 1.165) is 43.0 Å². The Morgan fingerprint density at radius 2 is 2.00 bits per heavy atom. The van der Waals surface area contributed by atoms with Gasteiger partial charge in [-0.2, -0.15) is 0 Å². The van der Waals surface area contributed by atoms with Crippen molar-refractivity contribution >= 4 is 11.0 Å². The number of fused-ring (bicyclic) bond motifs is 3. The molecule has 1 atom stereocenters. The fourth-order valence-corrected chi connectivity index (χ4v) is 3.36. The van der Waals surface area contributed by atoms with Crippen molar-refractivity contribution in [2.45, 2.75) is 45.6 Å². The van der Waals surface area contributed by atoms with Crippen LogP contribution in [0.4, 0.5) is 0 Å². The number of aliphatic hydroxyl groups excluding tert-OH is 1. The Kier molecular flexibility index (Phi) is 5.23. The van der Waals surface area contributed by atoms with Crippen LogP contribution in [-0.2, 0) is 12.8 Å². The van der Waals surface area contributed by atoms with Gasteiger partial charge in [0.25, 0.3) is 0 Å². The highest BCUT2D eigenvalue weighted by Crippen LogP contribution is 2.33. The quantitative estimate of drug-likeness (QED) is 0.850. The second-order valence-corrected chi connectivity index (χ2v) is 6.32. The van der Waals surface area contributed by atoms with Crippen LogP contribution >= 0.6 is 0 Å². The number of aliphatic hydroxyl groups is 1. The Hall–Kier alpha value is -1.52. The zero-order valence-corrected chi connectivity index (χ0v) is 14.2. The van der Waals surface area contributed by atoms with Crippen LogP contribution in [0.5, 0.6) is 5.75 Å². The monoisotopic (exact) mass is 317 g/mol. The van der Waals surface area contributed by atoms with Crippen LogP contribution in [0.1, 0.15) is 38.0 Å². The summed E-state index contributed by atoms with van der Waals surface area (Å²) in [5, 5.41) is 11.3. The van der Waals surface area contributed by atoms with E-state index in [2.05, 4.69) is 24.8 Å². The third-order valence-corrected chi connectivity index (χ3v) is 4.73. The fraction of sp³-hybridized carbons (Fsp3) is 0.579. The third kappa shape index (κ3) is 3.70. The summed E-state index contributed by atoms with van der Waals surface area (Å²) >= 11 is 0. The lowest BCUT2D eigenvalue weighted by atomic mass is 9.96. The van der Waals surface area contributed by atoms with Crippen molar-refractivity contribution in [3.8, 4) is 5.75 Å². The first-order valence-corrected chi connectivity index (χ1v) is 8.78. The molecule has 1 aliphatic rings. The van der Waals surface area contributed by atoms with E-state index in [4.69, 9.17) is 9.15 Å². The van der Waals surface area contributed by atoms with Crippen LogP contribution in [0, 0.1) is 0 Å². The number of likely N-dealkylation sites (N-methyl/N-ethyl adjacent to an activating group) is 1. The van der Waals surface area contributed by atoms with Crippen LogP contribution in [0.3, 0.4) is 0 Å². The molecule has 0 bridgehead atoms. The first kappa shape index (κ1) is 16.3. The molecule has 0 spiro atoms. The van der Waals surface area contributed by atoms with E-state index in [9.17, 15) is 5.11 Å². The Morgan fingerprint density at radius 3 is 2.78 bits per heavy atom. The minimum absolute atomic E-state index is 0.321. The molecule has 0 saturated carbocycles. The highest BCUT2D eigenvalue weighted by Gasteiger charge is 2.18. The van der Waals surface area contributed by atoms with E-state index in [0.29, 0.717) is 13.2 Å². The Balaban J connectivity index is 1.66. The molecule has 3 rings (SSSR count). The van der Waals surface area contributed by atoms with Gasteiger partial charge >= 0.3 is 0 Å². The van der Waals surface area contributed by atoms with E-state index in [1.165, 1.54) is 23.8 Å². The van der Waals surface area contributed by atoms with E-state index in [1.54, 1.807) is 0 Å². The Bertz CT molecular complexity index is 645. The minimum Gasteiger partial charge on any atom is -0.491 e. The number of furan rings is 1. The number of ether oxygens (including phenoxy) is 1. The highest BCUT2D eigenvalue weighted by molar-refractivity contribution is 5.84. The van der Waals surface area contributed by atoms with Crippen LogP contribution in [0.15, 0.2) is 22.6 Å². The zero-order chi connectivity index (χ0) is 16.2. The molecule has 0 fully saturated rings. The van der Waals surface area contributed by atoms with Crippen LogP contribution in [-0.4, -0.2) is 42.4 Å². The normalized spacial score (nSPS) is 15.8. The van der Waals surface area contributed by atoms with Crippen molar-refractivity contribution in [3.05, 3.63) is 29.5 Å². The SMILES string of the molecule is CCN(CC)CC(O)COc1ccc2oc3c(c2c1)CCCC3. The van der Waals surface area contributed by atoms with Crippen LogP contribution < -0.4 is 4.74 Å². The third-order valence-electron chi connectivity index (χ3n) is 4.73. The lowest BCUT2D eigenvalue weighted by molar-refractivity contribution is 0.0717. The summed E-state index contributed by atoms with van der Waals surface area (Å²) in [5.41, 5.74) is 2.30. The summed E-state index contributed by atoms with van der Waals surface area (Å²) in [7, 11) is 0. The predicted molar refractivity (Wildman–Crippen MR) is 92.1 cm³/mol. The summed E-state index contributed by atoms with van der Waals surface area (Å²) in [6.45, 7) is 7.07. The van der Waals surface area contributed by atoms with Gasteiger partial charge in [-0.3, -0.25) is 0 Å². The van der Waals surface area contributed by atoms with E-state index >= 15 is 0 Å². The number of benzene rings is 1. The molecule has 1 aromatic heterocycles. The second-order valence-electron chi connectivity index (χ2n) is 6.32. The van der Waals surface area contributed by atoms with Gasteiger partial charge in [-0.25, -0.2) is 0 Å². The molecule has 4 heteroatoms. The van der Waals surface area contributed by atoms with Gasteiger partial charge in [0.1, 0.15) is 29.8 Å². The summed E-state index contributed by atoms with van der Waals surface area (Å²) in [6, 6.07) is 5.98. The molecule has 4 nitrogen and oxygen atoms in total. The Morgan fingerprint density at radius 1 is 1.22 bits per heavy atom. The standard InChI is InChI=1S/C19H27NO3/c1-3-20(4-2)12-14(21)13-22-15-9-10-19-17(11-15)16-7-5-6-8-18(16)23-19/h9-11,14,21H,3-8,12-13H2,1-2H3. The molecule has 2 aromatic rings. The van der Waals surface area contributed by atoms with Gasteiger partial charge in [-0.05, 0) is 50.6 Å². The molecular formula is C19H27NO3. The summed E-state index contributed by atoms with van der Waals surface area (Å²) in [6.07, 6.45) is 4.12. The minimum atomic E-state index is -0.469. The lowest BCUT2D eigenvalue weighted by Gasteiger charge is -2.21. The summed E-state index contributed by atoms with van der Waals surface area (Å²) < 4.78 is 11.7. The van der Waals surface area contributed by atoms with Crippen LogP contribution in [0.2, 0.25) is 0 Å². The lowest BCUT2D eigenvalue weighted by Crippen LogP contribution is -2.35. The van der Waals surface area contributed by atoms with Crippen molar-refractivity contribution in [1.82, 2.24) is 4.90 Å². The molecule has 0 radical (unpaired) electrons. The molecule has 1 aromatic carbocycles. The first-order chi connectivity index (χ1) is 11.2. The molecule has 1 aliphatic carbocycles. The highest BCUT2D eigenvalue weighted by atomic mass is 16.5. The van der Waals surface area contributed by atoms with Crippen molar-refractivity contribution in [1.29, 1.82) is 0 Å². The number of hydrogen-bond acceptors (Lipinski definition) is 4. The number of rotatable bonds is 7. The molecular weight excluding hydrogens is 290 g/mol. The smallest absolute Gasteiger partial charge is 0.134 e. The van der Waals surface area contributed by atoms with E-state index in [-0.39, 0.29) is 0 Å². The maximum Gasteiger partial charge on any atom is 0.134 e. The molecule has 0 aliphatic heterocycles. The van der Waals surface area contributed by atoms with Crippen molar-refractivity contribution in [3.63, 3.8) is 0 Å². The summed E-state index contributed by atoms with van der Waals surface area (Å²) in [5.74, 6) is 1.95. The van der Waals surface area contributed by atoms with Gasteiger partial charge in [-0.1, -0.05) is 13.8 Å². The molecule has 0 amide bonds. The van der Waals surface area contributed by atoms with Gasteiger partial charge in [0.05, 0.1) is 0 Å². The first-order valence-electron chi connectivity index (χ1n) is 8.78. The molecule has 1 unspecified atom stereocenters. The van der Waals surface area contributed by atoms with Gasteiger partial charge in [0.15, 0.2) is 0 Å². The molecule has 23 heavy (non-hydrogen) atoms. The largest absolute Gasteiger partial charge is 0.491 e. The molecule has 0 saturated heterocycles. The predicted octanol–water partition coefficient (Wildman–Crippen LogP) is 3.39. The van der Waals surface area contributed by atoms with Crippen LogP contribution in [0.25, 0.3) is 11.0 Å². The molecule has 1 N–H and O–H groups in total. The number of aryl methyl sites for hydroxylation is 2. The fourth-order valence-electron chi connectivity index (χ4n) is 3.36. The second kappa shape index (κ2) is 7.37. The topological polar surface area (TPSA) is 45.8 Å². The molecule has 1 heterocycles. The Labute approximate surface area is 138 Å². The maximum absolute atomic E-state index is 10.1. The number of hydrogen-bond donors (Lipinski definition) is 1. The van der Waals surface area contributed by atoms with Crippen molar-refractivity contribution in [2.75, 3.05) is 26.2 Å². The summed E-state index contributed by atoms with van der Waals surface area (Å²) in [4.78, 5) is 2.20. The van der Waals surface area contributed by atoms with Crippen molar-refractivity contribution < 1.29 is 14.3 Å². The van der Waals surface area contributed by atoms with E-state index < -0.39 is 6.10 Å². The average molecular weight is 317 g/mol. The van der Waals surface area contributed by atoms with Crippen molar-refractivity contribution in [2.24, 2.45) is 0 Å². The van der Waals surface area contributed by atoms with E-state index in [1.807, 2.05) is 12.1 Å². The van der Waals surface area contributed by atoms with Gasteiger partial charge in [-0.15, -0.1) is 0 Å². The average Bonchev–Trinajstić information content (AvgIpc) is 2.95. The maximum atomic E-state index is 10.1. The van der Waals surface area contributed by atoms with Gasteiger partial charge in [0.2, 0.25) is 0 Å².